The largest absolute Gasteiger partial charge is 0.459 e. The minimum absolute atomic E-state index is 0.138. The van der Waals surface area contributed by atoms with E-state index in [-0.39, 0.29) is 18.6 Å². The number of rotatable bonds is 3. The fourth-order valence-electron chi connectivity index (χ4n) is 3.07. The quantitative estimate of drug-likeness (QED) is 0.804. The van der Waals surface area contributed by atoms with Crippen LogP contribution in [0.25, 0.3) is 0 Å². The normalized spacial score (nSPS) is 25.7. The van der Waals surface area contributed by atoms with Gasteiger partial charge >= 0.3 is 12.1 Å². The van der Waals surface area contributed by atoms with Crippen molar-refractivity contribution in [3.63, 3.8) is 0 Å². The maximum absolute atomic E-state index is 12.4. The third kappa shape index (κ3) is 3.66. The number of likely N-dealkylation sites (tertiary alicyclic amines) is 1. The topological polar surface area (TPSA) is 55.8 Å². The van der Waals surface area contributed by atoms with E-state index in [1.54, 1.807) is 4.90 Å². The van der Waals surface area contributed by atoms with Crippen molar-refractivity contribution in [2.45, 2.75) is 57.9 Å². The van der Waals surface area contributed by atoms with Gasteiger partial charge in [0.2, 0.25) is 0 Å². The van der Waals surface area contributed by atoms with E-state index < -0.39 is 17.7 Å². The standard InChI is InChI=1S/C18H23NO4/c1-18(2,3)23-17(21)19-14-9-13(14)10-15(19)16(20)22-11-12-7-5-4-6-8-12/h4-8,13-15H,9-11H2,1-3H3/t13?,14-,15+/m1/s1. The van der Waals surface area contributed by atoms with E-state index in [0.717, 1.165) is 12.0 Å². The molecule has 1 aromatic carbocycles. The molecule has 0 radical (unpaired) electrons. The van der Waals surface area contributed by atoms with E-state index in [2.05, 4.69) is 0 Å². The highest BCUT2D eigenvalue weighted by Crippen LogP contribution is 2.48. The Labute approximate surface area is 136 Å². The molecule has 5 heteroatoms. The Morgan fingerprint density at radius 1 is 1.17 bits per heavy atom. The molecule has 5 nitrogen and oxygen atoms in total. The Morgan fingerprint density at radius 3 is 2.52 bits per heavy atom. The number of ether oxygens (including phenoxy) is 2. The van der Waals surface area contributed by atoms with Gasteiger partial charge in [-0.1, -0.05) is 30.3 Å². The number of nitrogens with zero attached hydrogens (tertiary/aromatic N) is 1. The van der Waals surface area contributed by atoms with Gasteiger partial charge in [-0.3, -0.25) is 4.90 Å². The summed E-state index contributed by atoms with van der Waals surface area (Å²) in [6.07, 6.45) is 1.23. The van der Waals surface area contributed by atoms with Crippen LogP contribution < -0.4 is 0 Å². The third-order valence-corrected chi connectivity index (χ3v) is 4.20. The van der Waals surface area contributed by atoms with Crippen molar-refractivity contribution in [1.29, 1.82) is 0 Å². The Morgan fingerprint density at radius 2 is 1.87 bits per heavy atom. The maximum Gasteiger partial charge on any atom is 0.411 e. The van der Waals surface area contributed by atoms with E-state index in [1.165, 1.54) is 0 Å². The zero-order valence-electron chi connectivity index (χ0n) is 13.8. The highest BCUT2D eigenvalue weighted by Gasteiger charge is 2.57. The summed E-state index contributed by atoms with van der Waals surface area (Å²) < 4.78 is 10.8. The van der Waals surface area contributed by atoms with E-state index >= 15 is 0 Å². The molecule has 1 aliphatic heterocycles. The summed E-state index contributed by atoms with van der Waals surface area (Å²) in [7, 11) is 0. The summed E-state index contributed by atoms with van der Waals surface area (Å²) in [5.41, 5.74) is 0.371. The van der Waals surface area contributed by atoms with Crippen LogP contribution in [0, 0.1) is 5.92 Å². The lowest BCUT2D eigenvalue weighted by molar-refractivity contribution is -0.150. The van der Waals surface area contributed by atoms with Crippen LogP contribution in [0.5, 0.6) is 0 Å². The van der Waals surface area contributed by atoms with Gasteiger partial charge < -0.3 is 9.47 Å². The minimum Gasteiger partial charge on any atom is -0.459 e. The number of hydrogen-bond donors (Lipinski definition) is 0. The second kappa shape index (κ2) is 5.87. The SMILES string of the molecule is CC(C)(C)OC(=O)N1[C@@H]2CC2C[C@H]1C(=O)OCc1ccccc1. The van der Waals surface area contributed by atoms with E-state index in [9.17, 15) is 9.59 Å². The minimum atomic E-state index is -0.567. The van der Waals surface area contributed by atoms with Crippen LogP contribution in [-0.4, -0.2) is 34.6 Å². The summed E-state index contributed by atoms with van der Waals surface area (Å²) in [4.78, 5) is 26.4. The first-order valence-electron chi connectivity index (χ1n) is 8.07. The van der Waals surface area contributed by atoms with Gasteiger partial charge in [0.15, 0.2) is 0 Å². The maximum atomic E-state index is 12.4. The van der Waals surface area contributed by atoms with Crippen molar-refractivity contribution in [1.82, 2.24) is 4.90 Å². The molecule has 1 amide bonds. The molecule has 0 aromatic heterocycles. The molecule has 2 fully saturated rings. The van der Waals surface area contributed by atoms with Gasteiger partial charge in [-0.15, -0.1) is 0 Å². The first kappa shape index (κ1) is 15.8. The number of piperidine rings is 1. The van der Waals surface area contributed by atoms with E-state index in [4.69, 9.17) is 9.47 Å². The molecule has 3 atom stereocenters. The van der Waals surface area contributed by atoms with Crippen LogP contribution in [0.4, 0.5) is 4.79 Å². The lowest BCUT2D eigenvalue weighted by atomic mass is 10.1. The molecule has 3 rings (SSSR count). The second-order valence-corrected chi connectivity index (χ2v) is 7.30. The number of esters is 1. The smallest absolute Gasteiger partial charge is 0.411 e. The predicted octanol–water partition coefficient (Wildman–Crippen LogP) is 3.13. The summed E-state index contributed by atoms with van der Waals surface area (Å²) >= 11 is 0. The van der Waals surface area contributed by atoms with Crippen molar-refractivity contribution in [3.05, 3.63) is 35.9 Å². The number of carbonyl (C=O) groups is 2. The number of hydrogen-bond acceptors (Lipinski definition) is 4. The van der Waals surface area contributed by atoms with Crippen LogP contribution in [0.1, 0.15) is 39.2 Å². The van der Waals surface area contributed by atoms with Gasteiger partial charge in [0.25, 0.3) is 0 Å². The van der Waals surface area contributed by atoms with Crippen LogP contribution in [0.2, 0.25) is 0 Å². The molecule has 23 heavy (non-hydrogen) atoms. The van der Waals surface area contributed by atoms with Crippen LogP contribution >= 0.6 is 0 Å². The number of benzene rings is 1. The summed E-state index contributed by atoms with van der Waals surface area (Å²) in [5.74, 6) is 0.0729. The van der Waals surface area contributed by atoms with Gasteiger partial charge in [0, 0.05) is 6.04 Å². The van der Waals surface area contributed by atoms with Gasteiger partial charge in [0.05, 0.1) is 0 Å². The first-order valence-corrected chi connectivity index (χ1v) is 8.07. The third-order valence-electron chi connectivity index (χ3n) is 4.20. The molecule has 0 spiro atoms. The molecule has 1 unspecified atom stereocenters. The van der Waals surface area contributed by atoms with E-state index in [1.807, 2.05) is 51.1 Å². The molecule has 0 bridgehead atoms. The monoisotopic (exact) mass is 317 g/mol. The van der Waals surface area contributed by atoms with Crippen molar-refractivity contribution in [3.8, 4) is 0 Å². The van der Waals surface area contributed by atoms with E-state index in [0.29, 0.717) is 12.3 Å². The average molecular weight is 317 g/mol. The average Bonchev–Trinajstić information content (AvgIpc) is 3.14. The number of fused-ring (bicyclic) bond motifs is 1. The van der Waals surface area contributed by atoms with Crippen LogP contribution in [-0.2, 0) is 20.9 Å². The summed E-state index contributed by atoms with van der Waals surface area (Å²) in [6.45, 7) is 5.71. The molecule has 1 aliphatic carbocycles. The zero-order chi connectivity index (χ0) is 16.6. The lowest BCUT2D eigenvalue weighted by Crippen LogP contribution is -2.46. The van der Waals surface area contributed by atoms with Gasteiger partial charge in [-0.25, -0.2) is 9.59 Å². The van der Waals surface area contributed by atoms with Gasteiger partial charge in [-0.2, -0.15) is 0 Å². The molecule has 124 valence electrons. The van der Waals surface area contributed by atoms with Crippen molar-refractivity contribution in [2.24, 2.45) is 5.92 Å². The molecule has 1 saturated heterocycles. The van der Waals surface area contributed by atoms with Crippen LogP contribution in [0.3, 0.4) is 0 Å². The van der Waals surface area contributed by atoms with Crippen LogP contribution in [0.15, 0.2) is 30.3 Å². The van der Waals surface area contributed by atoms with Gasteiger partial charge in [0.1, 0.15) is 18.2 Å². The molecular weight excluding hydrogens is 294 g/mol. The summed E-state index contributed by atoms with van der Waals surface area (Å²) in [5, 5.41) is 0. The van der Waals surface area contributed by atoms with Crippen molar-refractivity contribution < 1.29 is 19.1 Å². The molecule has 0 N–H and O–H groups in total. The number of carbonyl (C=O) groups excluding carboxylic acids is 2. The zero-order valence-corrected chi connectivity index (χ0v) is 13.8. The molecule has 1 heterocycles. The highest BCUT2D eigenvalue weighted by atomic mass is 16.6. The lowest BCUT2D eigenvalue weighted by Gasteiger charge is -2.29. The molecular formula is C18H23NO4. The van der Waals surface area contributed by atoms with Gasteiger partial charge in [-0.05, 0) is 45.1 Å². The Kier molecular flexibility index (Phi) is 4.04. The number of amides is 1. The molecule has 2 aliphatic rings. The molecule has 1 aromatic rings. The highest BCUT2D eigenvalue weighted by molar-refractivity contribution is 5.83. The van der Waals surface area contributed by atoms with Crippen molar-refractivity contribution in [2.75, 3.05) is 0 Å². The first-order chi connectivity index (χ1) is 10.8. The Hall–Kier alpha value is -2.04. The molecule has 1 saturated carbocycles. The predicted molar refractivity (Wildman–Crippen MR) is 84.6 cm³/mol. The fourth-order valence-corrected chi connectivity index (χ4v) is 3.07. The fraction of sp³-hybridized carbons (Fsp3) is 0.556. The van der Waals surface area contributed by atoms with Crippen molar-refractivity contribution >= 4 is 12.1 Å². The Bertz CT molecular complexity index is 593. The summed E-state index contributed by atoms with van der Waals surface area (Å²) in [6, 6.07) is 9.16. The Balaban J connectivity index is 1.62. The second-order valence-electron chi connectivity index (χ2n) is 7.30.